The van der Waals surface area contributed by atoms with Crippen molar-refractivity contribution in [2.24, 2.45) is 0 Å². The molecule has 0 unspecified atom stereocenters. The Kier molecular flexibility index (Phi) is 5.87. The molecule has 0 saturated heterocycles. The number of esters is 1. The first-order valence-electron chi connectivity index (χ1n) is 7.35. The van der Waals surface area contributed by atoms with Crippen LogP contribution < -0.4 is 5.32 Å². The molecule has 126 valence electrons. The normalized spacial score (nSPS) is 11.6. The largest absolute Gasteiger partial charge is 0.452 e. The Balaban J connectivity index is 1.97. The number of rotatable bonds is 5. The summed E-state index contributed by atoms with van der Waals surface area (Å²) in [6.45, 7) is 3.53. The fraction of sp³-hybridized carbons (Fsp3) is 0.222. The van der Waals surface area contributed by atoms with Gasteiger partial charge in [0.2, 0.25) is 0 Å². The third-order valence-electron chi connectivity index (χ3n) is 3.54. The van der Waals surface area contributed by atoms with Gasteiger partial charge in [0.05, 0.1) is 21.3 Å². The highest BCUT2D eigenvalue weighted by molar-refractivity contribution is 7.84. The van der Waals surface area contributed by atoms with Gasteiger partial charge in [0.25, 0.3) is 5.91 Å². The number of benzene rings is 2. The van der Waals surface area contributed by atoms with Gasteiger partial charge in [-0.15, -0.1) is 0 Å². The van der Waals surface area contributed by atoms with E-state index in [2.05, 4.69) is 5.32 Å². The monoisotopic (exact) mass is 345 g/mol. The summed E-state index contributed by atoms with van der Waals surface area (Å²) in [4.78, 5) is 24.4. The van der Waals surface area contributed by atoms with Crippen LogP contribution in [0.3, 0.4) is 0 Å². The molecule has 0 aliphatic heterocycles. The second kappa shape index (κ2) is 7.88. The van der Waals surface area contributed by atoms with Gasteiger partial charge in [-0.2, -0.15) is 0 Å². The summed E-state index contributed by atoms with van der Waals surface area (Å²) >= 11 is 0. The van der Waals surface area contributed by atoms with Gasteiger partial charge in [0.1, 0.15) is 0 Å². The van der Waals surface area contributed by atoms with E-state index in [1.165, 1.54) is 12.3 Å². The van der Waals surface area contributed by atoms with E-state index in [1.54, 1.807) is 24.3 Å². The molecule has 2 aromatic carbocycles. The molecule has 0 radical (unpaired) electrons. The number of carbonyl (C=O) groups is 2. The van der Waals surface area contributed by atoms with Gasteiger partial charge in [-0.1, -0.05) is 18.2 Å². The fourth-order valence-corrected chi connectivity index (χ4v) is 2.84. The molecule has 0 spiro atoms. The van der Waals surface area contributed by atoms with Crippen molar-refractivity contribution in [2.45, 2.75) is 18.7 Å². The molecule has 0 aliphatic carbocycles. The Morgan fingerprint density at radius 3 is 2.46 bits per heavy atom. The van der Waals surface area contributed by atoms with Crippen molar-refractivity contribution in [1.29, 1.82) is 0 Å². The maximum absolute atomic E-state index is 12.1. The first-order valence-corrected chi connectivity index (χ1v) is 8.91. The van der Waals surface area contributed by atoms with Crippen LogP contribution in [0.1, 0.15) is 21.5 Å². The Hall–Kier alpha value is -2.47. The van der Waals surface area contributed by atoms with E-state index in [0.29, 0.717) is 10.6 Å². The summed E-state index contributed by atoms with van der Waals surface area (Å²) < 4.78 is 16.7. The maximum atomic E-state index is 12.1. The van der Waals surface area contributed by atoms with Gasteiger partial charge in [-0.25, -0.2) is 4.79 Å². The van der Waals surface area contributed by atoms with Crippen LogP contribution in [0.5, 0.6) is 0 Å². The standard InChI is InChI=1S/C18H19NO4S/c1-12-8-9-14(10-13(12)2)19-17(20)11-23-18(21)15-6-4-5-7-16(15)24(3)22/h4-10H,11H2,1-3H3,(H,19,20)/t24-/m0/s1. The molecule has 1 N–H and O–H groups in total. The number of hydrogen-bond acceptors (Lipinski definition) is 4. The number of amides is 1. The molecular weight excluding hydrogens is 326 g/mol. The zero-order chi connectivity index (χ0) is 17.7. The molecule has 24 heavy (non-hydrogen) atoms. The van der Waals surface area contributed by atoms with Crippen molar-refractivity contribution < 1.29 is 18.5 Å². The molecule has 0 aromatic heterocycles. The van der Waals surface area contributed by atoms with Crippen LogP contribution >= 0.6 is 0 Å². The number of carbonyl (C=O) groups excluding carboxylic acids is 2. The average molecular weight is 345 g/mol. The van der Waals surface area contributed by atoms with E-state index < -0.39 is 29.3 Å². The van der Waals surface area contributed by atoms with E-state index >= 15 is 0 Å². The minimum Gasteiger partial charge on any atom is -0.452 e. The number of aryl methyl sites for hydroxylation is 2. The van der Waals surface area contributed by atoms with Crippen LogP contribution in [0, 0.1) is 13.8 Å². The first kappa shape index (κ1) is 17.9. The SMILES string of the molecule is Cc1ccc(NC(=O)COC(=O)c2ccccc2[S@](C)=O)cc1C. The number of anilines is 1. The Labute approximate surface area is 143 Å². The summed E-state index contributed by atoms with van der Waals surface area (Å²) in [7, 11) is -1.31. The van der Waals surface area contributed by atoms with Crippen LogP contribution in [0.25, 0.3) is 0 Å². The Morgan fingerprint density at radius 1 is 1.08 bits per heavy atom. The Bertz CT molecular complexity index is 801. The zero-order valence-electron chi connectivity index (χ0n) is 13.8. The molecule has 0 heterocycles. The molecule has 0 saturated carbocycles. The lowest BCUT2D eigenvalue weighted by Gasteiger charge is -2.09. The molecule has 0 fully saturated rings. The minimum absolute atomic E-state index is 0.206. The van der Waals surface area contributed by atoms with Crippen molar-refractivity contribution >= 4 is 28.4 Å². The van der Waals surface area contributed by atoms with Gasteiger partial charge >= 0.3 is 5.97 Å². The second-order valence-electron chi connectivity index (χ2n) is 5.37. The van der Waals surface area contributed by atoms with Crippen molar-refractivity contribution in [3.8, 4) is 0 Å². The van der Waals surface area contributed by atoms with Crippen LogP contribution in [0.15, 0.2) is 47.4 Å². The maximum Gasteiger partial charge on any atom is 0.339 e. The Morgan fingerprint density at radius 2 is 1.79 bits per heavy atom. The molecular formula is C18H19NO4S. The van der Waals surface area contributed by atoms with Crippen molar-refractivity contribution in [2.75, 3.05) is 18.2 Å². The molecule has 5 nitrogen and oxygen atoms in total. The van der Waals surface area contributed by atoms with Gasteiger partial charge in [0.15, 0.2) is 6.61 Å². The molecule has 2 aromatic rings. The second-order valence-corrected chi connectivity index (χ2v) is 6.72. The fourth-order valence-electron chi connectivity index (χ4n) is 2.11. The van der Waals surface area contributed by atoms with Gasteiger partial charge in [-0.05, 0) is 49.2 Å². The van der Waals surface area contributed by atoms with E-state index in [1.807, 2.05) is 26.0 Å². The number of nitrogens with one attached hydrogen (secondary N) is 1. The van der Waals surface area contributed by atoms with Crippen molar-refractivity contribution in [3.05, 3.63) is 59.2 Å². The summed E-state index contributed by atoms with van der Waals surface area (Å²) in [5, 5.41) is 2.68. The van der Waals surface area contributed by atoms with E-state index in [9.17, 15) is 13.8 Å². The molecule has 6 heteroatoms. The average Bonchev–Trinajstić information content (AvgIpc) is 2.56. The number of hydrogen-bond donors (Lipinski definition) is 1. The van der Waals surface area contributed by atoms with Crippen LogP contribution in [-0.4, -0.2) is 28.9 Å². The lowest BCUT2D eigenvalue weighted by Crippen LogP contribution is -2.21. The molecule has 1 amide bonds. The van der Waals surface area contributed by atoms with E-state index in [4.69, 9.17) is 4.74 Å². The van der Waals surface area contributed by atoms with E-state index in [0.717, 1.165) is 11.1 Å². The highest BCUT2D eigenvalue weighted by Crippen LogP contribution is 2.15. The van der Waals surface area contributed by atoms with Crippen LogP contribution in [-0.2, 0) is 20.3 Å². The summed E-state index contributed by atoms with van der Waals surface area (Å²) in [5.74, 6) is -1.10. The smallest absolute Gasteiger partial charge is 0.339 e. The molecule has 2 rings (SSSR count). The van der Waals surface area contributed by atoms with Crippen molar-refractivity contribution in [3.63, 3.8) is 0 Å². The predicted octanol–water partition coefficient (Wildman–Crippen LogP) is 2.84. The third-order valence-corrected chi connectivity index (χ3v) is 4.52. The molecule has 0 bridgehead atoms. The third kappa shape index (κ3) is 4.52. The van der Waals surface area contributed by atoms with Gasteiger partial charge < -0.3 is 10.1 Å². The molecule has 0 aliphatic rings. The van der Waals surface area contributed by atoms with Crippen molar-refractivity contribution in [1.82, 2.24) is 0 Å². The topological polar surface area (TPSA) is 72.5 Å². The van der Waals surface area contributed by atoms with Crippen LogP contribution in [0.4, 0.5) is 5.69 Å². The van der Waals surface area contributed by atoms with Crippen LogP contribution in [0.2, 0.25) is 0 Å². The summed E-state index contributed by atoms with van der Waals surface area (Å²) in [5.41, 5.74) is 3.04. The predicted molar refractivity (Wildman–Crippen MR) is 93.6 cm³/mol. The zero-order valence-corrected chi connectivity index (χ0v) is 14.6. The first-order chi connectivity index (χ1) is 11.4. The highest BCUT2D eigenvalue weighted by Gasteiger charge is 2.16. The quantitative estimate of drug-likeness (QED) is 0.846. The number of ether oxygens (including phenoxy) is 1. The van der Waals surface area contributed by atoms with E-state index in [-0.39, 0.29) is 5.56 Å². The minimum atomic E-state index is -1.31. The lowest BCUT2D eigenvalue weighted by molar-refractivity contribution is -0.119. The van der Waals surface area contributed by atoms with Gasteiger partial charge in [0, 0.05) is 11.9 Å². The van der Waals surface area contributed by atoms with Gasteiger partial charge in [-0.3, -0.25) is 9.00 Å². The lowest BCUT2D eigenvalue weighted by atomic mass is 10.1. The summed E-state index contributed by atoms with van der Waals surface area (Å²) in [6.07, 6.45) is 1.48. The molecule has 1 atom stereocenters. The highest BCUT2D eigenvalue weighted by atomic mass is 32.2. The summed E-state index contributed by atoms with van der Waals surface area (Å²) in [6, 6.07) is 12.0.